The van der Waals surface area contributed by atoms with Crippen LogP contribution in [0.15, 0.2) is 72.1 Å². The van der Waals surface area contributed by atoms with Gasteiger partial charge in [0.05, 0.1) is 23.5 Å². The van der Waals surface area contributed by atoms with Crippen LogP contribution >= 0.6 is 22.9 Å². The molecule has 212 valence electrons. The maximum Gasteiger partial charge on any atom is 0.299 e. The first-order chi connectivity index (χ1) is 20.3. The third-order valence-corrected chi connectivity index (χ3v) is 8.06. The highest BCUT2D eigenvalue weighted by Crippen LogP contribution is 2.34. The number of ether oxygens (including phenoxy) is 2. The molecule has 2 aliphatic heterocycles. The Bertz CT molecular complexity index is 1720. The smallest absolute Gasteiger partial charge is 0.299 e. The summed E-state index contributed by atoms with van der Waals surface area (Å²) in [7, 11) is 0. The molecule has 3 aromatic carbocycles. The lowest BCUT2D eigenvalue weighted by Crippen LogP contribution is -2.49. The first-order valence-corrected chi connectivity index (χ1v) is 14.2. The highest BCUT2D eigenvalue weighted by atomic mass is 35.5. The monoisotopic (exact) mass is 602 g/mol. The number of benzene rings is 3. The average molecular weight is 603 g/mol. The van der Waals surface area contributed by atoms with Gasteiger partial charge in [-0.1, -0.05) is 35.9 Å². The molecule has 0 bridgehead atoms. The van der Waals surface area contributed by atoms with Gasteiger partial charge in [0.1, 0.15) is 17.6 Å². The normalized spacial score (nSPS) is 14.1. The Labute approximate surface area is 249 Å². The maximum atomic E-state index is 13.8. The van der Waals surface area contributed by atoms with Gasteiger partial charge in [-0.3, -0.25) is 24.1 Å². The van der Waals surface area contributed by atoms with E-state index in [0.29, 0.717) is 38.6 Å². The number of carbonyl (C=O) groups is 4. The molecular weight excluding hydrogens is 580 g/mol. The molecular formula is C30H23ClN4O6S. The van der Waals surface area contributed by atoms with E-state index < -0.39 is 36.1 Å². The Kier molecular flexibility index (Phi) is 7.36. The predicted molar refractivity (Wildman–Crippen MR) is 157 cm³/mol. The zero-order valence-corrected chi connectivity index (χ0v) is 23.8. The van der Waals surface area contributed by atoms with E-state index >= 15 is 0 Å². The summed E-state index contributed by atoms with van der Waals surface area (Å²) in [4.78, 5) is 59.7. The molecule has 42 heavy (non-hydrogen) atoms. The molecule has 2 aliphatic rings. The molecule has 0 spiro atoms. The maximum absolute atomic E-state index is 13.8. The van der Waals surface area contributed by atoms with E-state index in [2.05, 4.69) is 10.3 Å². The van der Waals surface area contributed by atoms with Crippen LogP contribution < -0.4 is 19.7 Å². The number of para-hydroxylation sites is 1. The average Bonchev–Trinajstić information content (AvgIpc) is 3.72. The number of nitrogens with zero attached hydrogens (tertiary/aromatic N) is 3. The van der Waals surface area contributed by atoms with Crippen LogP contribution in [0, 0.1) is 0 Å². The highest BCUT2D eigenvalue weighted by molar-refractivity contribution is 7.09. The summed E-state index contributed by atoms with van der Waals surface area (Å²) < 4.78 is 10.7. The van der Waals surface area contributed by atoms with Crippen molar-refractivity contribution < 1.29 is 28.7 Å². The van der Waals surface area contributed by atoms with E-state index in [1.54, 1.807) is 61.5 Å². The Hall–Kier alpha value is -4.74. The fourth-order valence-corrected chi connectivity index (χ4v) is 5.64. The topological polar surface area (TPSA) is 118 Å². The standard InChI is InChI=1S/C30H23ClN4O6S/c1-17(29(38)32-20-10-11-24-25(12-20)41-16-40-24)34(13-26-33-22(15-42-26)18-6-8-19(31)9-7-18)27(36)14-35-23-5-3-2-4-21(23)28(37)30(35)39/h2-12,15,17H,13-14,16H2,1H3,(H,32,38). The highest BCUT2D eigenvalue weighted by Gasteiger charge is 2.38. The number of nitrogens with one attached hydrogen (secondary N) is 1. The van der Waals surface area contributed by atoms with Crippen LogP contribution in [0.25, 0.3) is 11.3 Å². The third-order valence-electron chi connectivity index (χ3n) is 6.98. The lowest BCUT2D eigenvalue weighted by molar-refractivity contribution is -0.138. The van der Waals surface area contributed by atoms with Gasteiger partial charge >= 0.3 is 0 Å². The summed E-state index contributed by atoms with van der Waals surface area (Å²) >= 11 is 7.36. The van der Waals surface area contributed by atoms with E-state index in [-0.39, 0.29) is 18.9 Å². The first-order valence-electron chi connectivity index (χ1n) is 12.9. The second-order valence-corrected chi connectivity index (χ2v) is 11.0. The van der Waals surface area contributed by atoms with E-state index in [9.17, 15) is 19.2 Å². The predicted octanol–water partition coefficient (Wildman–Crippen LogP) is 4.78. The summed E-state index contributed by atoms with van der Waals surface area (Å²) in [6, 6.07) is 17.8. The molecule has 0 aliphatic carbocycles. The minimum atomic E-state index is -0.963. The SMILES string of the molecule is CC(C(=O)Nc1ccc2c(c1)OCO2)N(Cc1nc(-c2ccc(Cl)cc2)cs1)C(=O)CN1C(=O)C(=O)c2ccccc21. The Balaban J connectivity index is 1.25. The molecule has 0 fully saturated rings. The van der Waals surface area contributed by atoms with Crippen LogP contribution in [0.2, 0.25) is 5.02 Å². The second-order valence-electron chi connectivity index (χ2n) is 9.63. The number of carbonyl (C=O) groups excluding carboxylic acids is 4. The summed E-state index contributed by atoms with van der Waals surface area (Å²) in [5.41, 5.74) is 2.62. The molecule has 1 atom stereocenters. The Morgan fingerprint density at radius 2 is 1.83 bits per heavy atom. The van der Waals surface area contributed by atoms with Crippen molar-refractivity contribution in [2.75, 3.05) is 23.6 Å². The van der Waals surface area contributed by atoms with Crippen molar-refractivity contribution in [2.24, 2.45) is 0 Å². The van der Waals surface area contributed by atoms with Crippen molar-refractivity contribution in [2.45, 2.75) is 19.5 Å². The molecule has 10 nitrogen and oxygen atoms in total. The van der Waals surface area contributed by atoms with Crippen LogP contribution in [-0.4, -0.2) is 52.8 Å². The van der Waals surface area contributed by atoms with Gasteiger partial charge in [0, 0.05) is 27.7 Å². The third kappa shape index (κ3) is 5.31. The molecule has 1 unspecified atom stereocenters. The van der Waals surface area contributed by atoms with Crippen LogP contribution in [0.1, 0.15) is 22.3 Å². The lowest BCUT2D eigenvalue weighted by Gasteiger charge is -2.29. The van der Waals surface area contributed by atoms with Crippen molar-refractivity contribution in [3.05, 3.63) is 87.7 Å². The zero-order valence-electron chi connectivity index (χ0n) is 22.2. The minimum Gasteiger partial charge on any atom is -0.454 e. The van der Waals surface area contributed by atoms with Crippen molar-refractivity contribution in [3.63, 3.8) is 0 Å². The Morgan fingerprint density at radius 3 is 2.64 bits per heavy atom. The van der Waals surface area contributed by atoms with Crippen LogP contribution in [0.5, 0.6) is 11.5 Å². The quantitative estimate of drug-likeness (QED) is 0.288. The number of anilines is 2. The summed E-state index contributed by atoms with van der Waals surface area (Å²) in [5, 5.41) is 5.87. The van der Waals surface area contributed by atoms with Crippen LogP contribution in [-0.2, 0) is 20.9 Å². The fraction of sp³-hybridized carbons (Fsp3) is 0.167. The number of aromatic nitrogens is 1. The van der Waals surface area contributed by atoms with Crippen LogP contribution in [0.4, 0.5) is 11.4 Å². The first kappa shape index (κ1) is 27.4. The molecule has 4 aromatic rings. The van der Waals surface area contributed by atoms with E-state index in [1.807, 2.05) is 17.5 Å². The number of ketones is 1. The van der Waals surface area contributed by atoms with Crippen molar-refractivity contribution in [1.82, 2.24) is 9.88 Å². The zero-order chi connectivity index (χ0) is 29.4. The molecule has 0 saturated carbocycles. The van der Waals surface area contributed by atoms with Crippen LogP contribution in [0.3, 0.4) is 0 Å². The molecule has 0 saturated heterocycles. The number of rotatable bonds is 8. The molecule has 6 rings (SSSR count). The van der Waals surface area contributed by atoms with Gasteiger partial charge in [-0.05, 0) is 43.3 Å². The number of hydrogen-bond donors (Lipinski definition) is 1. The summed E-state index contributed by atoms with van der Waals surface area (Å²) in [6.45, 7) is 1.28. The van der Waals surface area contributed by atoms with Gasteiger partial charge in [0.2, 0.25) is 18.6 Å². The number of hydrogen-bond acceptors (Lipinski definition) is 8. The molecule has 0 radical (unpaired) electrons. The van der Waals surface area contributed by atoms with Crippen molar-refractivity contribution in [1.29, 1.82) is 0 Å². The molecule has 3 heterocycles. The molecule has 1 aromatic heterocycles. The van der Waals surface area contributed by atoms with E-state index in [1.165, 1.54) is 16.2 Å². The van der Waals surface area contributed by atoms with Crippen molar-refractivity contribution in [3.8, 4) is 22.8 Å². The molecule has 12 heteroatoms. The van der Waals surface area contributed by atoms with Crippen molar-refractivity contribution >= 4 is 57.8 Å². The molecule has 1 N–H and O–H groups in total. The largest absolute Gasteiger partial charge is 0.454 e. The number of halogens is 1. The van der Waals surface area contributed by atoms with Gasteiger partial charge < -0.3 is 19.7 Å². The van der Waals surface area contributed by atoms with Gasteiger partial charge in [-0.25, -0.2) is 4.98 Å². The number of amides is 3. The van der Waals surface area contributed by atoms with Gasteiger partial charge in [-0.2, -0.15) is 0 Å². The summed E-state index contributed by atoms with van der Waals surface area (Å²) in [5.74, 6) is -1.37. The number of thiazole rings is 1. The van der Waals surface area contributed by atoms with Gasteiger partial charge in [0.25, 0.3) is 11.7 Å². The van der Waals surface area contributed by atoms with E-state index in [0.717, 1.165) is 10.5 Å². The second kappa shape index (κ2) is 11.3. The van der Waals surface area contributed by atoms with Gasteiger partial charge in [0.15, 0.2) is 11.5 Å². The fourth-order valence-electron chi connectivity index (χ4n) is 4.72. The number of fused-ring (bicyclic) bond motifs is 2. The molecule has 3 amide bonds. The minimum absolute atomic E-state index is 0.00440. The number of Topliss-reactive ketones (excluding diaryl/α,β-unsaturated/α-hetero) is 1. The Morgan fingerprint density at radius 1 is 1.07 bits per heavy atom. The van der Waals surface area contributed by atoms with Gasteiger partial charge in [-0.15, -0.1) is 11.3 Å². The lowest BCUT2D eigenvalue weighted by atomic mass is 10.1. The summed E-state index contributed by atoms with van der Waals surface area (Å²) in [6.07, 6.45) is 0. The van der Waals surface area contributed by atoms with E-state index in [4.69, 9.17) is 21.1 Å².